The summed E-state index contributed by atoms with van der Waals surface area (Å²) in [5, 5.41) is 11.9. The molecule has 22 heavy (non-hydrogen) atoms. The van der Waals surface area contributed by atoms with Crippen molar-refractivity contribution in [2.24, 2.45) is 0 Å². The van der Waals surface area contributed by atoms with E-state index in [-0.39, 0.29) is 11.9 Å². The highest BCUT2D eigenvalue weighted by molar-refractivity contribution is 5.19. The van der Waals surface area contributed by atoms with Crippen molar-refractivity contribution in [1.29, 1.82) is 0 Å². The van der Waals surface area contributed by atoms with E-state index in [1.54, 1.807) is 12.1 Å². The maximum Gasteiger partial charge on any atom is 0.165 e. The number of hydrogen-bond acceptors (Lipinski definition) is 5. The van der Waals surface area contributed by atoms with E-state index in [4.69, 9.17) is 4.74 Å². The summed E-state index contributed by atoms with van der Waals surface area (Å²) in [6.07, 6.45) is 0.962. The second kappa shape index (κ2) is 6.93. The molecule has 7 heteroatoms. The Morgan fingerprint density at radius 1 is 1.32 bits per heavy atom. The molecule has 0 bridgehead atoms. The summed E-state index contributed by atoms with van der Waals surface area (Å²) in [5.41, 5.74) is 0.999. The number of halogens is 1. The van der Waals surface area contributed by atoms with Crippen molar-refractivity contribution in [2.45, 2.75) is 32.5 Å². The zero-order valence-corrected chi connectivity index (χ0v) is 12.7. The summed E-state index contributed by atoms with van der Waals surface area (Å²) in [4.78, 5) is 2.27. The first-order chi connectivity index (χ1) is 10.8. The molecular weight excluding hydrogens is 285 g/mol. The van der Waals surface area contributed by atoms with Crippen LogP contribution in [0.4, 0.5) is 4.39 Å². The van der Waals surface area contributed by atoms with Gasteiger partial charge >= 0.3 is 0 Å². The molecule has 1 aliphatic rings. The van der Waals surface area contributed by atoms with E-state index >= 15 is 0 Å². The van der Waals surface area contributed by atoms with E-state index in [0.29, 0.717) is 13.2 Å². The van der Waals surface area contributed by atoms with Gasteiger partial charge in [-0.3, -0.25) is 4.90 Å². The molecule has 1 aliphatic heterocycles. The van der Waals surface area contributed by atoms with Crippen LogP contribution < -0.4 is 0 Å². The third-order valence-corrected chi connectivity index (χ3v) is 3.80. The second-order valence-corrected chi connectivity index (χ2v) is 5.46. The summed E-state index contributed by atoms with van der Waals surface area (Å²) in [5.74, 6) is 0.650. The van der Waals surface area contributed by atoms with Gasteiger partial charge in [-0.05, 0) is 34.5 Å². The SMILES string of the molecule is CCCn1nnnc1CN1CCOC(c2ccc(F)cc2)C1. The van der Waals surface area contributed by atoms with Gasteiger partial charge in [-0.1, -0.05) is 19.1 Å². The highest BCUT2D eigenvalue weighted by Gasteiger charge is 2.23. The molecule has 3 rings (SSSR count). The quantitative estimate of drug-likeness (QED) is 0.843. The monoisotopic (exact) mass is 305 g/mol. The van der Waals surface area contributed by atoms with Crippen LogP contribution in [0.5, 0.6) is 0 Å². The van der Waals surface area contributed by atoms with Crippen molar-refractivity contribution in [2.75, 3.05) is 19.7 Å². The van der Waals surface area contributed by atoms with Crippen molar-refractivity contribution in [3.63, 3.8) is 0 Å². The molecule has 6 nitrogen and oxygen atoms in total. The maximum absolute atomic E-state index is 13.0. The number of aromatic nitrogens is 4. The molecular formula is C15H20FN5O. The topological polar surface area (TPSA) is 56.1 Å². The Morgan fingerprint density at radius 2 is 2.14 bits per heavy atom. The van der Waals surface area contributed by atoms with Crippen molar-refractivity contribution in [3.8, 4) is 0 Å². The van der Waals surface area contributed by atoms with Crippen molar-refractivity contribution < 1.29 is 9.13 Å². The molecule has 1 fully saturated rings. The predicted octanol–water partition coefficient (Wildman–Crippen LogP) is 1.80. The number of aryl methyl sites for hydroxylation is 1. The Bertz CT molecular complexity index is 600. The first-order valence-electron chi connectivity index (χ1n) is 7.60. The van der Waals surface area contributed by atoms with Gasteiger partial charge in [-0.25, -0.2) is 9.07 Å². The average molecular weight is 305 g/mol. The smallest absolute Gasteiger partial charge is 0.165 e. The zero-order chi connectivity index (χ0) is 15.4. The van der Waals surface area contributed by atoms with Crippen molar-refractivity contribution >= 4 is 0 Å². The molecule has 0 aliphatic carbocycles. The molecule has 1 unspecified atom stereocenters. The third kappa shape index (κ3) is 3.48. The first kappa shape index (κ1) is 15.1. The fourth-order valence-electron chi connectivity index (χ4n) is 2.65. The number of benzene rings is 1. The summed E-state index contributed by atoms with van der Waals surface area (Å²) in [7, 11) is 0. The standard InChI is InChI=1S/C15H20FN5O/c1-2-7-21-15(17-18-19-21)11-20-8-9-22-14(10-20)12-3-5-13(16)6-4-12/h3-6,14H,2,7-11H2,1H3. The number of tetrazole rings is 1. The lowest BCUT2D eigenvalue weighted by Gasteiger charge is -2.32. The van der Waals surface area contributed by atoms with E-state index in [2.05, 4.69) is 27.3 Å². The Hall–Kier alpha value is -1.86. The van der Waals surface area contributed by atoms with Crippen LogP contribution in [-0.2, 0) is 17.8 Å². The van der Waals surface area contributed by atoms with Crippen LogP contribution in [0, 0.1) is 5.82 Å². The molecule has 0 amide bonds. The molecule has 118 valence electrons. The normalized spacial score (nSPS) is 19.5. The molecule has 2 aromatic rings. The lowest BCUT2D eigenvalue weighted by Crippen LogP contribution is -2.38. The number of nitrogens with zero attached hydrogens (tertiary/aromatic N) is 5. The molecule has 0 saturated carbocycles. The summed E-state index contributed by atoms with van der Waals surface area (Å²) >= 11 is 0. The number of ether oxygens (including phenoxy) is 1. The minimum atomic E-state index is -0.227. The van der Waals surface area contributed by atoms with Crippen LogP contribution in [0.2, 0.25) is 0 Å². The molecule has 0 spiro atoms. The van der Waals surface area contributed by atoms with Gasteiger partial charge in [0.1, 0.15) is 5.82 Å². The van der Waals surface area contributed by atoms with E-state index in [0.717, 1.165) is 37.4 Å². The van der Waals surface area contributed by atoms with Gasteiger partial charge in [-0.2, -0.15) is 0 Å². The van der Waals surface area contributed by atoms with E-state index in [1.807, 2.05) is 4.68 Å². The zero-order valence-electron chi connectivity index (χ0n) is 12.7. The minimum Gasteiger partial charge on any atom is -0.371 e. The lowest BCUT2D eigenvalue weighted by atomic mass is 10.1. The van der Waals surface area contributed by atoms with Crippen molar-refractivity contribution in [1.82, 2.24) is 25.1 Å². The van der Waals surface area contributed by atoms with Crippen LogP contribution in [0.3, 0.4) is 0 Å². The predicted molar refractivity (Wildman–Crippen MR) is 78.5 cm³/mol. The Labute approximate surface area is 128 Å². The molecule has 0 N–H and O–H groups in total. The van der Waals surface area contributed by atoms with Crippen LogP contribution in [0.15, 0.2) is 24.3 Å². The van der Waals surface area contributed by atoms with Crippen LogP contribution >= 0.6 is 0 Å². The van der Waals surface area contributed by atoms with Crippen molar-refractivity contribution in [3.05, 3.63) is 41.5 Å². The lowest BCUT2D eigenvalue weighted by molar-refractivity contribution is -0.0340. The summed E-state index contributed by atoms with van der Waals surface area (Å²) in [6, 6.07) is 6.51. The highest BCUT2D eigenvalue weighted by Crippen LogP contribution is 2.23. The van der Waals surface area contributed by atoms with Crippen LogP contribution in [0.25, 0.3) is 0 Å². The van der Waals surface area contributed by atoms with E-state index < -0.39 is 0 Å². The molecule has 1 aromatic carbocycles. The largest absolute Gasteiger partial charge is 0.371 e. The molecule has 1 saturated heterocycles. The average Bonchev–Trinajstić information content (AvgIpc) is 2.96. The second-order valence-electron chi connectivity index (χ2n) is 5.46. The molecule has 1 atom stereocenters. The Morgan fingerprint density at radius 3 is 2.91 bits per heavy atom. The Kier molecular flexibility index (Phi) is 4.74. The van der Waals surface area contributed by atoms with Gasteiger partial charge in [-0.15, -0.1) is 5.10 Å². The number of hydrogen-bond donors (Lipinski definition) is 0. The fourth-order valence-corrected chi connectivity index (χ4v) is 2.65. The van der Waals surface area contributed by atoms with Crippen LogP contribution in [-0.4, -0.2) is 44.8 Å². The molecule has 2 heterocycles. The van der Waals surface area contributed by atoms with E-state index in [9.17, 15) is 4.39 Å². The number of morpholine rings is 1. The van der Waals surface area contributed by atoms with Gasteiger partial charge in [0.2, 0.25) is 0 Å². The maximum atomic E-state index is 13.0. The van der Waals surface area contributed by atoms with Gasteiger partial charge in [0.25, 0.3) is 0 Å². The summed E-state index contributed by atoms with van der Waals surface area (Å²) < 4.78 is 20.7. The number of rotatable bonds is 5. The van der Waals surface area contributed by atoms with Gasteiger partial charge in [0, 0.05) is 19.6 Å². The van der Waals surface area contributed by atoms with Gasteiger partial charge < -0.3 is 4.74 Å². The fraction of sp³-hybridized carbons (Fsp3) is 0.533. The third-order valence-electron chi connectivity index (χ3n) is 3.80. The van der Waals surface area contributed by atoms with E-state index in [1.165, 1.54) is 12.1 Å². The van der Waals surface area contributed by atoms with Gasteiger partial charge in [0.15, 0.2) is 5.82 Å². The van der Waals surface area contributed by atoms with Crippen LogP contribution in [0.1, 0.15) is 30.8 Å². The van der Waals surface area contributed by atoms with Gasteiger partial charge in [0.05, 0.1) is 19.3 Å². The Balaban J connectivity index is 1.65. The minimum absolute atomic E-state index is 0.0372. The highest BCUT2D eigenvalue weighted by atomic mass is 19.1. The molecule has 1 aromatic heterocycles. The first-order valence-corrected chi connectivity index (χ1v) is 7.60. The molecule has 0 radical (unpaired) electrons. The summed E-state index contributed by atoms with van der Waals surface area (Å²) in [6.45, 7) is 5.88.